The topological polar surface area (TPSA) is 21.3 Å². The fourth-order valence-electron chi connectivity index (χ4n) is 2.25. The van der Waals surface area contributed by atoms with Gasteiger partial charge in [0.2, 0.25) is 0 Å². The summed E-state index contributed by atoms with van der Waals surface area (Å²) >= 11 is 0. The molecule has 2 heteroatoms. The normalized spacial score (nSPS) is 14.8. The lowest BCUT2D eigenvalue weighted by Gasteiger charge is -2.26. The molecule has 0 aliphatic rings. The predicted octanol–water partition coefficient (Wildman–Crippen LogP) is 2.99. The van der Waals surface area contributed by atoms with Gasteiger partial charge in [0.1, 0.15) is 0 Å². The van der Waals surface area contributed by atoms with Crippen LogP contribution in [0.1, 0.15) is 36.1 Å². The molecule has 90 valence electrons. The van der Waals surface area contributed by atoms with E-state index in [0.717, 1.165) is 6.42 Å². The highest BCUT2D eigenvalue weighted by atomic mass is 16.5. The van der Waals surface area contributed by atoms with E-state index >= 15 is 0 Å². The molecule has 1 N–H and O–H groups in total. The van der Waals surface area contributed by atoms with Gasteiger partial charge in [-0.2, -0.15) is 0 Å². The zero-order valence-corrected chi connectivity index (χ0v) is 11.0. The molecule has 0 saturated carbocycles. The molecule has 2 atom stereocenters. The maximum Gasteiger partial charge on any atom is 0.0763 e. The van der Waals surface area contributed by atoms with Gasteiger partial charge in [-0.1, -0.05) is 30.7 Å². The summed E-state index contributed by atoms with van der Waals surface area (Å²) in [6.07, 6.45) is 1.24. The molecule has 0 aliphatic carbocycles. The molecule has 0 heterocycles. The van der Waals surface area contributed by atoms with E-state index in [9.17, 15) is 0 Å². The third-order valence-electron chi connectivity index (χ3n) is 3.15. The average molecular weight is 221 g/mol. The van der Waals surface area contributed by atoms with Crippen LogP contribution in [0.25, 0.3) is 0 Å². The zero-order chi connectivity index (χ0) is 12.1. The van der Waals surface area contributed by atoms with Gasteiger partial charge in [-0.25, -0.2) is 0 Å². The van der Waals surface area contributed by atoms with Crippen molar-refractivity contribution in [2.45, 2.75) is 39.3 Å². The molecule has 0 spiro atoms. The highest BCUT2D eigenvalue weighted by Gasteiger charge is 2.21. The predicted molar refractivity (Wildman–Crippen MR) is 68.8 cm³/mol. The number of rotatable bonds is 5. The second kappa shape index (κ2) is 6.02. The van der Waals surface area contributed by atoms with E-state index in [4.69, 9.17) is 4.74 Å². The first-order chi connectivity index (χ1) is 7.63. The van der Waals surface area contributed by atoms with Crippen molar-refractivity contribution in [1.29, 1.82) is 0 Å². The van der Waals surface area contributed by atoms with Crippen molar-refractivity contribution in [3.05, 3.63) is 34.9 Å². The summed E-state index contributed by atoms with van der Waals surface area (Å²) < 4.78 is 5.53. The first kappa shape index (κ1) is 13.2. The molecule has 2 unspecified atom stereocenters. The minimum absolute atomic E-state index is 0.228. The number of methoxy groups -OCH3 is 1. The Morgan fingerprint density at radius 2 is 2.00 bits per heavy atom. The molecule has 1 rings (SSSR count). The largest absolute Gasteiger partial charge is 0.379 e. The summed E-state index contributed by atoms with van der Waals surface area (Å²) in [7, 11) is 3.77. The molecule has 2 nitrogen and oxygen atoms in total. The van der Waals surface area contributed by atoms with Crippen LogP contribution in [-0.4, -0.2) is 20.3 Å². The fraction of sp³-hybridized carbons (Fsp3) is 0.571. The number of hydrogen-bond acceptors (Lipinski definition) is 2. The van der Waals surface area contributed by atoms with Gasteiger partial charge >= 0.3 is 0 Å². The molecular weight excluding hydrogens is 198 g/mol. The molecular formula is C14H23NO. The van der Waals surface area contributed by atoms with E-state index in [-0.39, 0.29) is 12.1 Å². The highest BCUT2D eigenvalue weighted by Crippen LogP contribution is 2.24. The van der Waals surface area contributed by atoms with Gasteiger partial charge in [0, 0.05) is 7.11 Å². The first-order valence-corrected chi connectivity index (χ1v) is 5.91. The second-order valence-corrected chi connectivity index (χ2v) is 4.31. The molecule has 0 bridgehead atoms. The maximum absolute atomic E-state index is 5.53. The Labute approximate surface area is 99.0 Å². The Morgan fingerprint density at radius 1 is 1.31 bits per heavy atom. The lowest BCUT2D eigenvalue weighted by atomic mass is 9.94. The van der Waals surface area contributed by atoms with Gasteiger partial charge in [-0.05, 0) is 38.4 Å². The van der Waals surface area contributed by atoms with E-state index in [1.165, 1.54) is 16.7 Å². The third-order valence-corrected chi connectivity index (χ3v) is 3.15. The summed E-state index contributed by atoms with van der Waals surface area (Å²) in [6.45, 7) is 6.44. The van der Waals surface area contributed by atoms with Crippen LogP contribution >= 0.6 is 0 Å². The van der Waals surface area contributed by atoms with Crippen LogP contribution in [0.15, 0.2) is 18.2 Å². The van der Waals surface area contributed by atoms with Gasteiger partial charge in [0.15, 0.2) is 0 Å². The van der Waals surface area contributed by atoms with Crippen LogP contribution in [0.4, 0.5) is 0 Å². The maximum atomic E-state index is 5.53. The number of benzene rings is 1. The zero-order valence-electron chi connectivity index (χ0n) is 11.0. The molecule has 0 saturated heterocycles. The van der Waals surface area contributed by atoms with Gasteiger partial charge in [-0.3, -0.25) is 0 Å². The minimum atomic E-state index is 0.228. The van der Waals surface area contributed by atoms with Crippen molar-refractivity contribution in [2.24, 2.45) is 0 Å². The van der Waals surface area contributed by atoms with E-state index < -0.39 is 0 Å². The van der Waals surface area contributed by atoms with E-state index in [0.29, 0.717) is 0 Å². The molecule has 16 heavy (non-hydrogen) atoms. The summed E-state index contributed by atoms with van der Waals surface area (Å²) in [4.78, 5) is 0. The van der Waals surface area contributed by atoms with Crippen molar-refractivity contribution < 1.29 is 4.74 Å². The Balaban J connectivity index is 3.03. The standard InChI is InChI=1S/C14H23NO/c1-6-13(16-5)14(15-4)12-8-7-10(2)9-11(12)3/h7-9,13-15H,6H2,1-5H3. The Bertz CT molecular complexity index is 332. The quantitative estimate of drug-likeness (QED) is 0.825. The molecule has 0 fully saturated rings. The lowest BCUT2D eigenvalue weighted by molar-refractivity contribution is 0.0674. The first-order valence-electron chi connectivity index (χ1n) is 5.91. The number of nitrogens with one attached hydrogen (secondary N) is 1. The minimum Gasteiger partial charge on any atom is -0.379 e. The van der Waals surface area contributed by atoms with Crippen molar-refractivity contribution in [3.8, 4) is 0 Å². The Kier molecular flexibility index (Phi) is 4.97. The van der Waals surface area contributed by atoms with Crippen LogP contribution < -0.4 is 5.32 Å². The summed E-state index contributed by atoms with van der Waals surface area (Å²) in [5, 5.41) is 3.36. The van der Waals surface area contributed by atoms with Crippen molar-refractivity contribution in [2.75, 3.05) is 14.2 Å². The smallest absolute Gasteiger partial charge is 0.0763 e. The van der Waals surface area contributed by atoms with Crippen molar-refractivity contribution in [3.63, 3.8) is 0 Å². The SMILES string of the molecule is CCC(OC)C(NC)c1ccc(C)cc1C. The average Bonchev–Trinajstić information content (AvgIpc) is 2.27. The third kappa shape index (κ3) is 2.83. The number of aryl methyl sites for hydroxylation is 2. The monoisotopic (exact) mass is 221 g/mol. The van der Waals surface area contributed by atoms with Crippen LogP contribution in [0.3, 0.4) is 0 Å². The van der Waals surface area contributed by atoms with Gasteiger partial charge in [-0.15, -0.1) is 0 Å². The molecule has 1 aromatic rings. The fourth-order valence-corrected chi connectivity index (χ4v) is 2.25. The van der Waals surface area contributed by atoms with E-state index in [1.54, 1.807) is 7.11 Å². The number of hydrogen-bond donors (Lipinski definition) is 1. The van der Waals surface area contributed by atoms with E-state index in [1.807, 2.05) is 7.05 Å². The molecule has 1 aromatic carbocycles. The lowest BCUT2D eigenvalue weighted by Crippen LogP contribution is -2.31. The van der Waals surface area contributed by atoms with Gasteiger partial charge in [0.05, 0.1) is 12.1 Å². The summed E-state index contributed by atoms with van der Waals surface area (Å²) in [6, 6.07) is 6.86. The van der Waals surface area contributed by atoms with Gasteiger partial charge in [0.25, 0.3) is 0 Å². The van der Waals surface area contributed by atoms with E-state index in [2.05, 4.69) is 44.3 Å². The summed E-state index contributed by atoms with van der Waals surface area (Å²) in [5.41, 5.74) is 3.97. The molecule has 0 amide bonds. The highest BCUT2D eigenvalue weighted by molar-refractivity contribution is 5.33. The number of likely N-dealkylation sites (N-methyl/N-ethyl adjacent to an activating group) is 1. The van der Waals surface area contributed by atoms with Crippen molar-refractivity contribution >= 4 is 0 Å². The summed E-state index contributed by atoms with van der Waals surface area (Å²) in [5.74, 6) is 0. The van der Waals surface area contributed by atoms with Crippen LogP contribution in [0, 0.1) is 13.8 Å². The molecule has 0 aliphatic heterocycles. The Morgan fingerprint density at radius 3 is 2.44 bits per heavy atom. The molecule has 0 aromatic heterocycles. The molecule has 0 radical (unpaired) electrons. The van der Waals surface area contributed by atoms with Crippen LogP contribution in [0.2, 0.25) is 0 Å². The van der Waals surface area contributed by atoms with Crippen LogP contribution in [0.5, 0.6) is 0 Å². The number of ether oxygens (including phenoxy) is 1. The second-order valence-electron chi connectivity index (χ2n) is 4.31. The van der Waals surface area contributed by atoms with Crippen LogP contribution in [-0.2, 0) is 4.74 Å². The van der Waals surface area contributed by atoms with Gasteiger partial charge < -0.3 is 10.1 Å². The Hall–Kier alpha value is -0.860. The van der Waals surface area contributed by atoms with Crippen molar-refractivity contribution in [1.82, 2.24) is 5.32 Å².